The molecule has 0 aliphatic heterocycles. The summed E-state index contributed by atoms with van der Waals surface area (Å²) in [5.74, 6) is 2.16. The van der Waals surface area contributed by atoms with Gasteiger partial charge < -0.3 is 24.6 Å². The highest BCUT2D eigenvalue weighted by molar-refractivity contribution is 7.15. The Morgan fingerprint density at radius 2 is 1.82 bits per heavy atom. The first-order valence-corrected chi connectivity index (χ1v) is 19.1. The molecule has 3 atom stereocenters. The van der Waals surface area contributed by atoms with Crippen LogP contribution in [0.1, 0.15) is 92.2 Å². The van der Waals surface area contributed by atoms with E-state index in [0.29, 0.717) is 19.1 Å². The van der Waals surface area contributed by atoms with Crippen LogP contribution in [0.2, 0.25) is 0 Å². The van der Waals surface area contributed by atoms with Gasteiger partial charge in [-0.15, -0.1) is 11.3 Å². The number of amides is 2. The highest BCUT2D eigenvalue weighted by Crippen LogP contribution is 2.45. The molecule has 6 rings (SSSR count). The summed E-state index contributed by atoms with van der Waals surface area (Å²) >= 11 is 1.77. The highest BCUT2D eigenvalue weighted by Gasteiger charge is 2.39. The van der Waals surface area contributed by atoms with Crippen LogP contribution in [-0.4, -0.2) is 75.2 Å². The summed E-state index contributed by atoms with van der Waals surface area (Å²) in [4.78, 5) is 37.6. The third kappa shape index (κ3) is 9.10. The first kappa shape index (κ1) is 35.6. The molecule has 0 bridgehead atoms. The first-order valence-electron chi connectivity index (χ1n) is 18.3. The van der Waals surface area contributed by atoms with Crippen LogP contribution in [0.25, 0.3) is 10.4 Å². The van der Waals surface area contributed by atoms with Gasteiger partial charge in [-0.2, -0.15) is 0 Å². The van der Waals surface area contributed by atoms with Crippen LogP contribution in [0.4, 0.5) is 5.69 Å². The van der Waals surface area contributed by atoms with E-state index in [1.165, 1.54) is 29.8 Å². The zero-order valence-corrected chi connectivity index (χ0v) is 30.6. The lowest BCUT2D eigenvalue weighted by molar-refractivity contribution is -0.126. The lowest BCUT2D eigenvalue weighted by atomic mass is 9.73. The number of carbonyl (C=O) groups excluding carboxylic acids is 2. The Hall–Kier alpha value is -3.27. The number of likely N-dealkylation sites (N-methyl/N-ethyl adjacent to an activating group) is 1. The number of anilines is 1. The average molecular weight is 687 g/mol. The van der Waals surface area contributed by atoms with E-state index in [1.807, 2.05) is 25.2 Å². The molecule has 1 N–H and O–H groups in total. The van der Waals surface area contributed by atoms with Gasteiger partial charge in [-0.3, -0.25) is 9.59 Å². The number of nitrogens with zero attached hydrogens (tertiary/aromatic N) is 3. The molecular weight excluding hydrogens is 633 g/mol. The quantitative estimate of drug-likeness (QED) is 0.176. The van der Waals surface area contributed by atoms with Crippen LogP contribution in [-0.2, 0) is 14.3 Å². The molecule has 0 spiro atoms. The number of hydrogen-bond acceptors (Lipinski definition) is 7. The van der Waals surface area contributed by atoms with Gasteiger partial charge in [0.25, 0.3) is 5.91 Å². The molecule has 2 aromatic carbocycles. The van der Waals surface area contributed by atoms with Crippen molar-refractivity contribution >= 4 is 28.8 Å². The zero-order chi connectivity index (χ0) is 34.3. The Morgan fingerprint density at radius 3 is 2.55 bits per heavy atom. The van der Waals surface area contributed by atoms with Gasteiger partial charge in [-0.1, -0.05) is 43.5 Å². The van der Waals surface area contributed by atoms with Gasteiger partial charge in [0.15, 0.2) is 0 Å². The number of rotatable bonds is 14. The summed E-state index contributed by atoms with van der Waals surface area (Å²) in [7, 11) is 5.72. The maximum absolute atomic E-state index is 14.4. The third-order valence-electron chi connectivity index (χ3n) is 10.7. The van der Waals surface area contributed by atoms with Gasteiger partial charge in [0.05, 0.1) is 23.6 Å². The third-order valence-corrected chi connectivity index (χ3v) is 11.9. The molecule has 2 amide bonds. The maximum atomic E-state index is 14.4. The smallest absolute Gasteiger partial charge is 0.253 e. The summed E-state index contributed by atoms with van der Waals surface area (Å²) in [6.07, 6.45) is 12.6. The molecule has 3 saturated carbocycles. The van der Waals surface area contributed by atoms with Gasteiger partial charge in [0.1, 0.15) is 12.4 Å². The molecule has 1 aromatic heterocycles. The topological polar surface area (TPSA) is 84.0 Å². The van der Waals surface area contributed by atoms with Crippen molar-refractivity contribution in [3.8, 4) is 16.2 Å². The minimum Gasteiger partial charge on any atom is -0.496 e. The Bertz CT molecular complexity index is 1560. The number of aryl methyl sites for hydroxylation is 1. The zero-order valence-electron chi connectivity index (χ0n) is 29.8. The van der Waals surface area contributed by atoms with Crippen molar-refractivity contribution in [2.24, 2.45) is 11.8 Å². The number of thiazole rings is 1. The SMILES string of the molecule is COc1ccc(C2CCC(CNC(=O)C3CCCCC3)CC2N(C(=O)COCCN(C)C)c2cccc(-c3cnc(C4CC4)s3)c2)cc1C. The van der Waals surface area contributed by atoms with Crippen molar-refractivity contribution in [3.05, 3.63) is 64.8 Å². The fraction of sp³-hybridized carbons (Fsp3) is 0.575. The fourth-order valence-electron chi connectivity index (χ4n) is 7.72. The summed E-state index contributed by atoms with van der Waals surface area (Å²) < 4.78 is 11.6. The number of nitrogens with one attached hydrogen (secondary N) is 1. The van der Waals surface area contributed by atoms with E-state index in [-0.39, 0.29) is 42.2 Å². The molecule has 264 valence electrons. The fourth-order valence-corrected chi connectivity index (χ4v) is 8.81. The summed E-state index contributed by atoms with van der Waals surface area (Å²) in [5.41, 5.74) is 4.26. The number of ether oxygens (including phenoxy) is 2. The Kier molecular flexibility index (Phi) is 12.1. The lowest BCUT2D eigenvalue weighted by Gasteiger charge is -2.43. The highest BCUT2D eigenvalue weighted by atomic mass is 32.1. The van der Waals surface area contributed by atoms with Gasteiger partial charge in [-0.05, 0) is 107 Å². The normalized spacial score (nSPS) is 21.4. The van der Waals surface area contributed by atoms with E-state index >= 15 is 0 Å². The predicted octanol–water partition coefficient (Wildman–Crippen LogP) is 7.56. The number of benzene rings is 2. The van der Waals surface area contributed by atoms with Crippen molar-refractivity contribution in [2.75, 3.05) is 52.4 Å². The van der Waals surface area contributed by atoms with Crippen LogP contribution < -0.4 is 15.0 Å². The number of methoxy groups -OCH3 is 1. The molecule has 3 unspecified atom stereocenters. The maximum Gasteiger partial charge on any atom is 0.253 e. The van der Waals surface area contributed by atoms with E-state index in [2.05, 4.69) is 59.6 Å². The second-order valence-corrected chi connectivity index (χ2v) is 15.7. The summed E-state index contributed by atoms with van der Waals surface area (Å²) in [6.45, 7) is 3.97. The van der Waals surface area contributed by atoms with Crippen molar-refractivity contribution in [1.29, 1.82) is 0 Å². The average Bonchev–Trinajstić information content (AvgIpc) is 3.85. The monoisotopic (exact) mass is 686 g/mol. The standard InChI is InChI=1S/C40H54N4O4S/c1-27-21-31(16-18-36(27)47-4)34-17-13-28(24-41-39(46)29-9-6-5-7-10-29)22-35(34)44(38(45)26-48-20-19-43(2)3)33-12-8-11-32(23-33)37-25-42-40(49-37)30-14-15-30/h8,11-12,16,18,21,23,25,28-30,34-35H,5-7,9-10,13-15,17,19-20,22,24,26H2,1-4H3,(H,41,46). The van der Waals surface area contributed by atoms with Crippen LogP contribution >= 0.6 is 11.3 Å². The number of carbonyl (C=O) groups is 2. The molecule has 3 aromatic rings. The van der Waals surface area contributed by atoms with Gasteiger partial charge in [-0.25, -0.2) is 4.98 Å². The molecular formula is C40H54N4O4S. The molecule has 9 heteroatoms. The molecule has 8 nitrogen and oxygen atoms in total. The molecule has 0 radical (unpaired) electrons. The second-order valence-electron chi connectivity index (χ2n) is 14.7. The summed E-state index contributed by atoms with van der Waals surface area (Å²) in [6, 6.07) is 14.7. The first-order chi connectivity index (χ1) is 23.8. The van der Waals surface area contributed by atoms with Crippen molar-refractivity contribution in [1.82, 2.24) is 15.2 Å². The molecule has 0 saturated heterocycles. The Labute approximate surface area is 296 Å². The van der Waals surface area contributed by atoms with E-state index in [1.54, 1.807) is 18.4 Å². The second kappa shape index (κ2) is 16.6. The largest absolute Gasteiger partial charge is 0.496 e. The van der Waals surface area contributed by atoms with Gasteiger partial charge >= 0.3 is 0 Å². The van der Waals surface area contributed by atoms with E-state index < -0.39 is 0 Å². The molecule has 3 aliphatic carbocycles. The minimum atomic E-state index is -0.109. The lowest BCUT2D eigenvalue weighted by Crippen LogP contribution is -2.50. The van der Waals surface area contributed by atoms with Crippen molar-refractivity contribution < 1.29 is 19.1 Å². The van der Waals surface area contributed by atoms with Crippen LogP contribution in [0.5, 0.6) is 5.75 Å². The van der Waals surface area contributed by atoms with Crippen LogP contribution in [0.3, 0.4) is 0 Å². The predicted molar refractivity (Wildman–Crippen MR) is 198 cm³/mol. The summed E-state index contributed by atoms with van der Waals surface area (Å²) in [5, 5.41) is 4.55. The van der Waals surface area contributed by atoms with Gasteiger partial charge in [0, 0.05) is 48.8 Å². The molecule has 49 heavy (non-hydrogen) atoms. The van der Waals surface area contributed by atoms with E-state index in [0.717, 1.165) is 78.9 Å². The van der Waals surface area contributed by atoms with Crippen LogP contribution in [0.15, 0.2) is 48.7 Å². The number of hydrogen-bond donors (Lipinski definition) is 1. The Morgan fingerprint density at radius 1 is 1.00 bits per heavy atom. The van der Waals surface area contributed by atoms with Crippen molar-refractivity contribution in [2.45, 2.75) is 89.0 Å². The molecule has 1 heterocycles. The molecule has 3 aliphatic rings. The minimum absolute atomic E-state index is 0.0123. The van der Waals surface area contributed by atoms with E-state index in [4.69, 9.17) is 14.5 Å². The Balaban J connectivity index is 1.31. The van der Waals surface area contributed by atoms with E-state index in [9.17, 15) is 9.59 Å². The van der Waals surface area contributed by atoms with Crippen LogP contribution in [0, 0.1) is 18.8 Å². The van der Waals surface area contributed by atoms with Crippen molar-refractivity contribution in [3.63, 3.8) is 0 Å². The molecule has 3 fully saturated rings. The number of aromatic nitrogens is 1. The van der Waals surface area contributed by atoms with Gasteiger partial charge in [0.2, 0.25) is 5.91 Å².